The largest absolute Gasteiger partial charge is 0.322 e. The Balaban J connectivity index is 1.72. The maximum absolute atomic E-state index is 12.6. The molecule has 1 heterocycles. The Hall–Kier alpha value is -2.85. The van der Waals surface area contributed by atoms with Crippen LogP contribution in [0, 0.1) is 0 Å². The van der Waals surface area contributed by atoms with Crippen LogP contribution >= 0.6 is 11.8 Å². The predicted molar refractivity (Wildman–Crippen MR) is 109 cm³/mol. The summed E-state index contributed by atoms with van der Waals surface area (Å²) < 4.78 is 27.9. The minimum atomic E-state index is -3.48. The number of nitrogens with one attached hydrogen (secondary N) is 2. The lowest BCUT2D eigenvalue weighted by molar-refractivity contribution is 0.102. The fourth-order valence-electron chi connectivity index (χ4n) is 2.28. The van der Waals surface area contributed by atoms with Crippen molar-refractivity contribution >= 4 is 39.1 Å². The average Bonchev–Trinajstić information content (AvgIpc) is 3.08. The number of nitrogens with zero attached hydrogens (tertiary/aromatic N) is 3. The summed E-state index contributed by atoms with van der Waals surface area (Å²) in [6, 6.07) is 13.7. The van der Waals surface area contributed by atoms with Crippen LogP contribution in [0.5, 0.6) is 0 Å². The SMILES string of the molecule is CCS(=O)(=O)Nc1ccccc1C(=O)Nc1ccc(Sc2nncn2C)cc1. The second-order valence-electron chi connectivity index (χ2n) is 5.86. The molecule has 0 fully saturated rings. The number of rotatable bonds is 7. The average molecular weight is 418 g/mol. The lowest BCUT2D eigenvalue weighted by atomic mass is 10.1. The van der Waals surface area contributed by atoms with Crippen LogP contribution in [0.2, 0.25) is 0 Å². The fourth-order valence-corrected chi connectivity index (χ4v) is 3.70. The molecule has 0 saturated carbocycles. The molecule has 0 saturated heterocycles. The minimum absolute atomic E-state index is 0.0758. The molecule has 2 N–H and O–H groups in total. The van der Waals surface area contributed by atoms with Crippen molar-refractivity contribution in [3.05, 3.63) is 60.4 Å². The van der Waals surface area contributed by atoms with Gasteiger partial charge in [-0.15, -0.1) is 10.2 Å². The van der Waals surface area contributed by atoms with E-state index in [9.17, 15) is 13.2 Å². The van der Waals surface area contributed by atoms with Crippen molar-refractivity contribution in [1.29, 1.82) is 0 Å². The number of benzene rings is 2. The standard InChI is InChI=1S/C18H19N5O3S2/c1-3-28(25,26)22-16-7-5-4-6-15(16)17(24)20-13-8-10-14(11-9-13)27-18-21-19-12-23(18)2/h4-12,22H,3H2,1-2H3,(H,20,24). The predicted octanol–water partition coefficient (Wildman–Crippen LogP) is 2.98. The van der Waals surface area contributed by atoms with Gasteiger partial charge in [0.2, 0.25) is 10.0 Å². The van der Waals surface area contributed by atoms with Crippen molar-refractivity contribution in [1.82, 2.24) is 14.8 Å². The summed E-state index contributed by atoms with van der Waals surface area (Å²) in [6.07, 6.45) is 1.63. The molecule has 0 spiro atoms. The van der Waals surface area contributed by atoms with Crippen molar-refractivity contribution in [2.75, 3.05) is 15.8 Å². The van der Waals surface area contributed by atoms with E-state index in [1.54, 1.807) is 42.7 Å². The quantitative estimate of drug-likeness (QED) is 0.612. The summed E-state index contributed by atoms with van der Waals surface area (Å²) in [5.74, 6) is -0.476. The molecule has 28 heavy (non-hydrogen) atoms. The van der Waals surface area contributed by atoms with Crippen LogP contribution in [-0.2, 0) is 17.1 Å². The van der Waals surface area contributed by atoms with E-state index >= 15 is 0 Å². The van der Waals surface area contributed by atoms with Crippen LogP contribution in [0.4, 0.5) is 11.4 Å². The third-order valence-corrected chi connectivity index (χ3v) is 6.16. The summed E-state index contributed by atoms with van der Waals surface area (Å²) in [4.78, 5) is 13.6. The zero-order valence-electron chi connectivity index (χ0n) is 15.3. The molecule has 0 unspecified atom stereocenters. The van der Waals surface area contributed by atoms with Gasteiger partial charge in [0.15, 0.2) is 5.16 Å². The lowest BCUT2D eigenvalue weighted by Gasteiger charge is -2.12. The zero-order chi connectivity index (χ0) is 20.1. The first-order valence-corrected chi connectivity index (χ1v) is 10.9. The van der Waals surface area contributed by atoms with Gasteiger partial charge in [0, 0.05) is 17.6 Å². The zero-order valence-corrected chi connectivity index (χ0v) is 16.9. The molecule has 146 valence electrons. The molecule has 0 aliphatic carbocycles. The Morgan fingerprint density at radius 2 is 1.86 bits per heavy atom. The monoisotopic (exact) mass is 417 g/mol. The molecule has 1 amide bonds. The highest BCUT2D eigenvalue weighted by Crippen LogP contribution is 2.27. The first kappa shape index (κ1) is 19.9. The third kappa shape index (κ3) is 4.90. The van der Waals surface area contributed by atoms with E-state index in [0.717, 1.165) is 10.1 Å². The van der Waals surface area contributed by atoms with Gasteiger partial charge in [-0.05, 0) is 55.1 Å². The van der Waals surface area contributed by atoms with Crippen LogP contribution in [0.3, 0.4) is 0 Å². The number of sulfonamides is 1. The van der Waals surface area contributed by atoms with E-state index < -0.39 is 15.9 Å². The van der Waals surface area contributed by atoms with Crippen molar-refractivity contribution in [2.24, 2.45) is 7.05 Å². The lowest BCUT2D eigenvalue weighted by Crippen LogP contribution is -2.19. The van der Waals surface area contributed by atoms with Crippen LogP contribution in [0.25, 0.3) is 0 Å². The highest BCUT2D eigenvalue weighted by molar-refractivity contribution is 7.99. The van der Waals surface area contributed by atoms with Gasteiger partial charge in [0.1, 0.15) is 6.33 Å². The van der Waals surface area contributed by atoms with E-state index in [-0.39, 0.29) is 17.0 Å². The van der Waals surface area contributed by atoms with Gasteiger partial charge in [-0.3, -0.25) is 9.52 Å². The Labute approximate surface area is 167 Å². The molecule has 0 atom stereocenters. The van der Waals surface area contributed by atoms with E-state index in [2.05, 4.69) is 20.2 Å². The molecule has 0 aliphatic heterocycles. The normalized spacial score (nSPS) is 11.2. The number of carbonyl (C=O) groups is 1. The highest BCUT2D eigenvalue weighted by Gasteiger charge is 2.15. The van der Waals surface area contributed by atoms with Crippen molar-refractivity contribution in [3.8, 4) is 0 Å². The topological polar surface area (TPSA) is 106 Å². The smallest absolute Gasteiger partial charge is 0.257 e. The van der Waals surface area contributed by atoms with Gasteiger partial charge in [0.05, 0.1) is 17.0 Å². The number of para-hydroxylation sites is 1. The van der Waals surface area contributed by atoms with E-state index in [1.807, 2.05) is 23.7 Å². The Morgan fingerprint density at radius 1 is 1.14 bits per heavy atom. The summed E-state index contributed by atoms with van der Waals surface area (Å²) in [7, 11) is -1.62. The second kappa shape index (κ2) is 8.44. The van der Waals surface area contributed by atoms with Gasteiger partial charge < -0.3 is 9.88 Å². The number of amides is 1. The van der Waals surface area contributed by atoms with E-state index in [1.165, 1.54) is 18.7 Å². The first-order valence-electron chi connectivity index (χ1n) is 8.41. The summed E-state index contributed by atoms with van der Waals surface area (Å²) >= 11 is 1.46. The minimum Gasteiger partial charge on any atom is -0.322 e. The number of hydrogen-bond donors (Lipinski definition) is 2. The maximum Gasteiger partial charge on any atom is 0.257 e. The van der Waals surface area contributed by atoms with E-state index in [4.69, 9.17) is 0 Å². The first-order chi connectivity index (χ1) is 13.4. The Kier molecular flexibility index (Phi) is 6.00. The molecule has 0 aliphatic rings. The number of aryl methyl sites for hydroxylation is 1. The summed E-state index contributed by atoms with van der Waals surface area (Å²) in [5, 5.41) is 11.4. The van der Waals surface area contributed by atoms with Crippen molar-refractivity contribution < 1.29 is 13.2 Å². The molecule has 1 aromatic heterocycles. The van der Waals surface area contributed by atoms with Gasteiger partial charge in [-0.2, -0.15) is 0 Å². The molecule has 8 nitrogen and oxygen atoms in total. The molecule has 3 aromatic rings. The molecule has 3 rings (SSSR count). The van der Waals surface area contributed by atoms with Crippen molar-refractivity contribution in [2.45, 2.75) is 17.0 Å². The fraction of sp³-hybridized carbons (Fsp3) is 0.167. The van der Waals surface area contributed by atoms with E-state index in [0.29, 0.717) is 5.69 Å². The Morgan fingerprint density at radius 3 is 2.50 bits per heavy atom. The van der Waals surface area contributed by atoms with Gasteiger partial charge >= 0.3 is 0 Å². The molecule has 10 heteroatoms. The Bertz CT molecular complexity index is 1080. The highest BCUT2D eigenvalue weighted by atomic mass is 32.2. The van der Waals surface area contributed by atoms with Crippen LogP contribution in [-0.4, -0.2) is 34.8 Å². The number of carbonyl (C=O) groups excluding carboxylic acids is 1. The number of hydrogen-bond acceptors (Lipinski definition) is 6. The molecule has 2 aromatic carbocycles. The molecule has 0 bridgehead atoms. The molecular formula is C18H19N5O3S2. The van der Waals surface area contributed by atoms with Crippen LogP contribution in [0.1, 0.15) is 17.3 Å². The number of anilines is 2. The summed E-state index contributed by atoms with van der Waals surface area (Å²) in [6.45, 7) is 1.53. The van der Waals surface area contributed by atoms with Crippen LogP contribution in [0.15, 0.2) is 64.9 Å². The van der Waals surface area contributed by atoms with Gasteiger partial charge in [0.25, 0.3) is 5.91 Å². The maximum atomic E-state index is 12.6. The molecular weight excluding hydrogens is 398 g/mol. The second-order valence-corrected chi connectivity index (χ2v) is 8.91. The third-order valence-electron chi connectivity index (χ3n) is 3.81. The summed E-state index contributed by atoms with van der Waals surface area (Å²) in [5.41, 5.74) is 1.09. The van der Waals surface area contributed by atoms with Crippen molar-refractivity contribution in [3.63, 3.8) is 0 Å². The molecule has 0 radical (unpaired) electrons. The van der Waals surface area contributed by atoms with Gasteiger partial charge in [-0.25, -0.2) is 8.42 Å². The van der Waals surface area contributed by atoms with Gasteiger partial charge in [-0.1, -0.05) is 12.1 Å². The number of aromatic nitrogens is 3. The van der Waals surface area contributed by atoms with Crippen LogP contribution < -0.4 is 10.0 Å².